The highest BCUT2D eigenvalue weighted by molar-refractivity contribution is 6.00. The normalized spacial score (nSPS) is 15.8. The van der Waals surface area contributed by atoms with E-state index >= 15 is 0 Å². The summed E-state index contributed by atoms with van der Waals surface area (Å²) >= 11 is 0. The Morgan fingerprint density at radius 1 is 1.09 bits per heavy atom. The summed E-state index contributed by atoms with van der Waals surface area (Å²) in [6.45, 7) is 5.28. The third-order valence-electron chi connectivity index (χ3n) is 5.13. The zero-order valence-corrected chi connectivity index (χ0v) is 19.1. The predicted octanol–water partition coefficient (Wildman–Crippen LogP) is 4.04. The molecule has 1 unspecified atom stereocenters. The summed E-state index contributed by atoms with van der Waals surface area (Å²) in [5, 5.41) is 14.5. The van der Waals surface area contributed by atoms with Crippen LogP contribution in [-0.4, -0.2) is 35.1 Å². The van der Waals surface area contributed by atoms with E-state index in [2.05, 4.69) is 10.3 Å². The average molecular weight is 463 g/mol. The molecule has 0 fully saturated rings. The van der Waals surface area contributed by atoms with E-state index in [4.69, 9.17) is 9.47 Å². The summed E-state index contributed by atoms with van der Waals surface area (Å²) in [5.41, 5.74) is 2.24. The number of carbonyl (C=O) groups is 2. The summed E-state index contributed by atoms with van der Waals surface area (Å²) in [7, 11) is 0. The van der Waals surface area contributed by atoms with Crippen LogP contribution in [0, 0.1) is 10.1 Å². The molecule has 34 heavy (non-hydrogen) atoms. The quantitative estimate of drug-likeness (QED) is 0.354. The number of non-ortho nitro benzene ring substituents is 1. The number of benzene rings is 1. The van der Waals surface area contributed by atoms with Gasteiger partial charge in [-0.15, -0.1) is 0 Å². The zero-order chi connectivity index (χ0) is 24.7. The van der Waals surface area contributed by atoms with Gasteiger partial charge in [-0.05, 0) is 44.0 Å². The third-order valence-corrected chi connectivity index (χ3v) is 5.13. The van der Waals surface area contributed by atoms with Crippen LogP contribution in [0.5, 0.6) is 0 Å². The summed E-state index contributed by atoms with van der Waals surface area (Å²) in [6.07, 6.45) is 6.77. The highest BCUT2D eigenvalue weighted by Gasteiger charge is 2.39. The number of nitro groups is 1. The van der Waals surface area contributed by atoms with Crippen LogP contribution in [0.15, 0.2) is 77.4 Å². The summed E-state index contributed by atoms with van der Waals surface area (Å²) in [5.74, 6) is -2.21. The fourth-order valence-electron chi connectivity index (χ4n) is 3.71. The molecule has 1 N–H and O–H groups in total. The van der Waals surface area contributed by atoms with E-state index in [1.165, 1.54) is 18.2 Å². The number of hydrogen-bond donors (Lipinski definition) is 1. The Labute approximate surface area is 196 Å². The number of allylic oxidation sites excluding steroid dienone is 2. The molecule has 0 bridgehead atoms. The van der Waals surface area contributed by atoms with Gasteiger partial charge < -0.3 is 14.8 Å². The maximum absolute atomic E-state index is 13.2. The number of esters is 2. The smallest absolute Gasteiger partial charge is 0.337 e. The van der Waals surface area contributed by atoms with Gasteiger partial charge in [0.15, 0.2) is 0 Å². The first-order valence-electron chi connectivity index (χ1n) is 10.8. The molecule has 9 heteroatoms. The van der Waals surface area contributed by atoms with E-state index in [-0.39, 0.29) is 30.0 Å². The number of nitro benzene ring substituents is 1. The van der Waals surface area contributed by atoms with Gasteiger partial charge in [0.05, 0.1) is 35.2 Å². The van der Waals surface area contributed by atoms with E-state index in [0.29, 0.717) is 17.0 Å². The van der Waals surface area contributed by atoms with Crippen LogP contribution >= 0.6 is 0 Å². The number of nitrogens with one attached hydrogen (secondary N) is 1. The Morgan fingerprint density at radius 3 is 2.41 bits per heavy atom. The molecule has 1 aromatic heterocycles. The molecule has 0 aliphatic carbocycles. The molecule has 2 aromatic rings. The van der Waals surface area contributed by atoms with Crippen molar-refractivity contribution in [2.75, 3.05) is 13.2 Å². The highest BCUT2D eigenvalue weighted by atomic mass is 16.6. The molecule has 0 saturated heterocycles. The minimum atomic E-state index is -0.937. The van der Waals surface area contributed by atoms with Gasteiger partial charge in [0.2, 0.25) is 0 Å². The van der Waals surface area contributed by atoms with Crippen molar-refractivity contribution in [2.45, 2.75) is 26.7 Å². The molecule has 3 rings (SSSR count). The number of aromatic nitrogens is 1. The third kappa shape index (κ3) is 5.37. The molecule has 1 aliphatic heterocycles. The van der Waals surface area contributed by atoms with Crippen molar-refractivity contribution in [3.8, 4) is 0 Å². The summed E-state index contributed by atoms with van der Waals surface area (Å²) < 4.78 is 10.6. The molecule has 0 saturated carbocycles. The second-order valence-corrected chi connectivity index (χ2v) is 7.34. The maximum atomic E-state index is 13.2. The first-order valence-corrected chi connectivity index (χ1v) is 10.8. The van der Waals surface area contributed by atoms with Gasteiger partial charge >= 0.3 is 11.9 Å². The number of dihydropyridines is 1. The Kier molecular flexibility index (Phi) is 7.92. The van der Waals surface area contributed by atoms with Crippen molar-refractivity contribution in [3.05, 3.63) is 98.6 Å². The van der Waals surface area contributed by atoms with Crippen molar-refractivity contribution >= 4 is 23.7 Å². The van der Waals surface area contributed by atoms with Gasteiger partial charge in [-0.25, -0.2) is 9.59 Å². The first-order chi connectivity index (χ1) is 16.4. The number of pyridine rings is 1. The van der Waals surface area contributed by atoms with Gasteiger partial charge in [0.1, 0.15) is 0 Å². The van der Waals surface area contributed by atoms with Gasteiger partial charge in [0.25, 0.3) is 5.69 Å². The predicted molar refractivity (Wildman–Crippen MR) is 125 cm³/mol. The van der Waals surface area contributed by atoms with E-state index in [9.17, 15) is 19.7 Å². The van der Waals surface area contributed by atoms with E-state index in [0.717, 1.165) is 5.56 Å². The fourth-order valence-corrected chi connectivity index (χ4v) is 3.71. The molecule has 1 aliphatic rings. The van der Waals surface area contributed by atoms with Gasteiger partial charge in [0, 0.05) is 35.9 Å². The van der Waals surface area contributed by atoms with E-state index in [1.807, 2.05) is 6.07 Å². The largest absolute Gasteiger partial charge is 0.463 e. The standard InChI is InChI=1S/C25H25N3O6/c1-4-33-24(29)21-16(3)27-20(12-11-17-8-7-13-26-15-17)23(25(30)34-5-2)22(21)18-9-6-10-19(14-18)28(31)32/h6-15,22,27H,4-5H2,1-3H3/b12-11+. The van der Waals surface area contributed by atoms with Crippen LogP contribution in [0.4, 0.5) is 5.69 Å². The monoisotopic (exact) mass is 463 g/mol. The maximum Gasteiger partial charge on any atom is 0.337 e. The van der Waals surface area contributed by atoms with Crippen molar-refractivity contribution in [3.63, 3.8) is 0 Å². The number of carbonyl (C=O) groups excluding carboxylic acids is 2. The Morgan fingerprint density at radius 2 is 1.79 bits per heavy atom. The molecule has 0 spiro atoms. The molecule has 1 atom stereocenters. The molecule has 9 nitrogen and oxygen atoms in total. The van der Waals surface area contributed by atoms with Crippen molar-refractivity contribution in [1.82, 2.24) is 10.3 Å². The van der Waals surface area contributed by atoms with Crippen molar-refractivity contribution < 1.29 is 24.0 Å². The number of hydrogen-bond acceptors (Lipinski definition) is 8. The number of rotatable bonds is 8. The zero-order valence-electron chi connectivity index (χ0n) is 19.1. The minimum Gasteiger partial charge on any atom is -0.463 e. The summed E-state index contributed by atoms with van der Waals surface area (Å²) in [6, 6.07) is 9.48. The Hall–Kier alpha value is -4.27. The lowest BCUT2D eigenvalue weighted by molar-refractivity contribution is -0.384. The highest BCUT2D eigenvalue weighted by Crippen LogP contribution is 2.40. The average Bonchev–Trinajstić information content (AvgIpc) is 2.83. The minimum absolute atomic E-state index is 0.112. The molecule has 2 heterocycles. The summed E-state index contributed by atoms with van der Waals surface area (Å²) in [4.78, 5) is 41.1. The lowest BCUT2D eigenvalue weighted by Crippen LogP contribution is -2.33. The van der Waals surface area contributed by atoms with Crippen LogP contribution in [-0.2, 0) is 19.1 Å². The fraction of sp³-hybridized carbons (Fsp3) is 0.240. The van der Waals surface area contributed by atoms with Crippen LogP contribution in [0.2, 0.25) is 0 Å². The number of nitrogens with zero attached hydrogens (tertiary/aromatic N) is 2. The second kappa shape index (κ2) is 11.0. The lowest BCUT2D eigenvalue weighted by atomic mass is 9.80. The molecule has 1 aromatic carbocycles. The van der Waals surface area contributed by atoms with Gasteiger partial charge in [-0.3, -0.25) is 15.1 Å². The van der Waals surface area contributed by atoms with E-state index in [1.54, 1.807) is 57.4 Å². The van der Waals surface area contributed by atoms with E-state index < -0.39 is 22.8 Å². The molecule has 0 amide bonds. The van der Waals surface area contributed by atoms with Crippen LogP contribution in [0.25, 0.3) is 6.08 Å². The molecular formula is C25H25N3O6. The SMILES string of the molecule is CCOC(=O)C1=C(C)NC(/C=C/c2cccnc2)=C(C(=O)OCC)C1c1cccc([N+](=O)[O-])c1. The van der Waals surface area contributed by atoms with Gasteiger partial charge in [-0.1, -0.05) is 24.3 Å². The van der Waals surface area contributed by atoms with Gasteiger partial charge in [-0.2, -0.15) is 0 Å². The molecular weight excluding hydrogens is 438 g/mol. The van der Waals surface area contributed by atoms with Crippen LogP contribution in [0.3, 0.4) is 0 Å². The Balaban J connectivity index is 2.24. The Bertz CT molecular complexity index is 1180. The topological polar surface area (TPSA) is 121 Å². The van der Waals surface area contributed by atoms with Crippen LogP contribution < -0.4 is 5.32 Å². The molecule has 0 radical (unpaired) electrons. The van der Waals surface area contributed by atoms with Crippen molar-refractivity contribution in [2.24, 2.45) is 0 Å². The number of ether oxygens (including phenoxy) is 2. The van der Waals surface area contributed by atoms with Crippen molar-refractivity contribution in [1.29, 1.82) is 0 Å². The first kappa shape index (κ1) is 24.4. The lowest BCUT2D eigenvalue weighted by Gasteiger charge is -2.30. The molecule has 176 valence electrons. The van der Waals surface area contributed by atoms with Crippen LogP contribution in [0.1, 0.15) is 37.8 Å². The second-order valence-electron chi connectivity index (χ2n) is 7.34.